The number of nitrogens with one attached hydrogen (secondary N) is 3. The molecule has 7 nitrogen and oxygen atoms in total. The van der Waals surface area contributed by atoms with E-state index in [2.05, 4.69) is 37.7 Å². The first-order valence-electron chi connectivity index (χ1n) is 6.60. The van der Waals surface area contributed by atoms with E-state index in [0.29, 0.717) is 18.0 Å². The topological polar surface area (TPSA) is 98.8 Å². The molecule has 1 unspecified atom stereocenters. The molecule has 0 amide bonds. The van der Waals surface area contributed by atoms with Crippen LogP contribution in [0.2, 0.25) is 0 Å². The van der Waals surface area contributed by atoms with Crippen LogP contribution in [-0.2, 0) is 0 Å². The Morgan fingerprint density at radius 2 is 2.21 bits per heavy atom. The van der Waals surface area contributed by atoms with Crippen LogP contribution >= 0.6 is 0 Å². The van der Waals surface area contributed by atoms with Crippen LogP contribution in [0.4, 0.5) is 11.8 Å². The van der Waals surface area contributed by atoms with E-state index >= 15 is 0 Å². The second kappa shape index (κ2) is 6.33. The molecule has 0 saturated carbocycles. The molecular weight excluding hydrogens is 244 g/mol. The van der Waals surface area contributed by atoms with Gasteiger partial charge in [0.25, 0.3) is 0 Å². The van der Waals surface area contributed by atoms with Gasteiger partial charge in [0.2, 0.25) is 5.95 Å². The summed E-state index contributed by atoms with van der Waals surface area (Å²) >= 11 is 0. The molecule has 0 aliphatic rings. The maximum absolute atomic E-state index is 9.05. The molecule has 2 heterocycles. The van der Waals surface area contributed by atoms with E-state index in [1.807, 2.05) is 6.92 Å². The molecule has 0 aliphatic heterocycles. The quantitative estimate of drug-likeness (QED) is 0.602. The molecule has 4 N–H and O–H groups in total. The van der Waals surface area contributed by atoms with Crippen molar-refractivity contribution in [1.82, 2.24) is 20.2 Å². The molecule has 19 heavy (non-hydrogen) atoms. The van der Waals surface area contributed by atoms with Gasteiger partial charge in [0, 0.05) is 19.2 Å². The summed E-state index contributed by atoms with van der Waals surface area (Å²) < 4.78 is 0. The van der Waals surface area contributed by atoms with Crippen LogP contribution in [0.25, 0.3) is 11.0 Å². The van der Waals surface area contributed by atoms with Gasteiger partial charge in [-0.1, -0.05) is 6.92 Å². The molecule has 0 saturated heterocycles. The van der Waals surface area contributed by atoms with Gasteiger partial charge in [0.15, 0.2) is 5.65 Å². The standard InChI is InChI=1S/C12H20N6O/c1-3-8(5-6-19)15-10-9-7-14-18-11(9)17-12(16-10)13-4-2/h7-8,19H,3-6H2,1-2H3,(H3,13,14,15,16,17,18). The van der Waals surface area contributed by atoms with Gasteiger partial charge in [-0.25, -0.2) is 0 Å². The first-order chi connectivity index (χ1) is 9.28. The van der Waals surface area contributed by atoms with Gasteiger partial charge in [-0.2, -0.15) is 15.1 Å². The van der Waals surface area contributed by atoms with E-state index in [-0.39, 0.29) is 12.6 Å². The predicted octanol–water partition coefficient (Wildman–Crippen LogP) is 1.36. The fraction of sp³-hybridized carbons (Fsp3) is 0.583. The van der Waals surface area contributed by atoms with Gasteiger partial charge in [-0.3, -0.25) is 5.10 Å². The molecule has 2 rings (SSSR count). The number of anilines is 2. The molecule has 7 heteroatoms. The minimum absolute atomic E-state index is 0.158. The summed E-state index contributed by atoms with van der Waals surface area (Å²) in [6.45, 7) is 4.98. The lowest BCUT2D eigenvalue weighted by Crippen LogP contribution is -2.21. The van der Waals surface area contributed by atoms with E-state index in [4.69, 9.17) is 5.11 Å². The second-order valence-corrected chi connectivity index (χ2v) is 4.32. The average Bonchev–Trinajstić information content (AvgIpc) is 2.87. The fourth-order valence-electron chi connectivity index (χ4n) is 1.91. The number of aromatic amines is 1. The fourth-order valence-corrected chi connectivity index (χ4v) is 1.91. The Labute approximate surface area is 111 Å². The Morgan fingerprint density at radius 3 is 2.89 bits per heavy atom. The minimum atomic E-state index is 0.158. The Kier molecular flexibility index (Phi) is 4.51. The zero-order valence-corrected chi connectivity index (χ0v) is 11.3. The average molecular weight is 264 g/mol. The van der Waals surface area contributed by atoms with Crippen molar-refractivity contribution < 1.29 is 5.11 Å². The number of hydrogen-bond donors (Lipinski definition) is 4. The molecule has 0 aromatic carbocycles. The predicted molar refractivity (Wildman–Crippen MR) is 75.3 cm³/mol. The van der Waals surface area contributed by atoms with Gasteiger partial charge >= 0.3 is 0 Å². The lowest BCUT2D eigenvalue weighted by atomic mass is 10.1. The SMILES string of the molecule is CCNc1nc(NC(CC)CCO)c2cn[nH]c2n1. The van der Waals surface area contributed by atoms with Crippen molar-refractivity contribution in [3.63, 3.8) is 0 Å². The Bertz CT molecular complexity index is 526. The molecule has 2 aromatic heterocycles. The maximum Gasteiger partial charge on any atom is 0.226 e. The number of aromatic nitrogens is 4. The van der Waals surface area contributed by atoms with Crippen LogP contribution in [0.3, 0.4) is 0 Å². The first kappa shape index (κ1) is 13.5. The highest BCUT2D eigenvalue weighted by Gasteiger charge is 2.12. The molecule has 1 atom stereocenters. The summed E-state index contributed by atoms with van der Waals surface area (Å²) in [5.41, 5.74) is 0.701. The molecular formula is C12H20N6O. The molecule has 0 spiro atoms. The van der Waals surface area contributed by atoms with Crippen molar-refractivity contribution in [2.45, 2.75) is 32.7 Å². The van der Waals surface area contributed by atoms with Gasteiger partial charge in [0.05, 0.1) is 11.6 Å². The third-order valence-electron chi connectivity index (χ3n) is 2.96. The number of H-pyrrole nitrogens is 1. The third kappa shape index (κ3) is 3.11. The summed E-state index contributed by atoms with van der Waals surface area (Å²) in [6, 6.07) is 0.187. The van der Waals surface area contributed by atoms with Gasteiger partial charge in [-0.15, -0.1) is 0 Å². The maximum atomic E-state index is 9.05. The third-order valence-corrected chi connectivity index (χ3v) is 2.96. The lowest BCUT2D eigenvalue weighted by molar-refractivity contribution is 0.278. The highest BCUT2D eigenvalue weighted by molar-refractivity contribution is 5.87. The van der Waals surface area contributed by atoms with Gasteiger partial charge < -0.3 is 15.7 Å². The monoisotopic (exact) mass is 264 g/mol. The second-order valence-electron chi connectivity index (χ2n) is 4.32. The van der Waals surface area contributed by atoms with E-state index < -0.39 is 0 Å². The van der Waals surface area contributed by atoms with Crippen LogP contribution < -0.4 is 10.6 Å². The summed E-state index contributed by atoms with van der Waals surface area (Å²) in [5.74, 6) is 1.32. The Morgan fingerprint density at radius 1 is 1.37 bits per heavy atom. The Hall–Kier alpha value is -1.89. The van der Waals surface area contributed by atoms with Gasteiger partial charge in [-0.05, 0) is 19.8 Å². The molecule has 0 bridgehead atoms. The lowest BCUT2D eigenvalue weighted by Gasteiger charge is -2.17. The van der Waals surface area contributed by atoms with Crippen molar-refractivity contribution in [3.8, 4) is 0 Å². The zero-order valence-electron chi connectivity index (χ0n) is 11.3. The summed E-state index contributed by atoms with van der Waals surface area (Å²) in [7, 11) is 0. The summed E-state index contributed by atoms with van der Waals surface area (Å²) in [6.07, 6.45) is 3.32. The smallest absolute Gasteiger partial charge is 0.226 e. The molecule has 2 aromatic rings. The van der Waals surface area contributed by atoms with Crippen molar-refractivity contribution in [3.05, 3.63) is 6.20 Å². The van der Waals surface area contributed by atoms with E-state index in [1.165, 1.54) is 0 Å². The number of rotatable bonds is 7. The zero-order chi connectivity index (χ0) is 13.7. The molecule has 0 fully saturated rings. The highest BCUT2D eigenvalue weighted by atomic mass is 16.3. The van der Waals surface area contributed by atoms with E-state index in [0.717, 1.165) is 24.2 Å². The largest absolute Gasteiger partial charge is 0.396 e. The van der Waals surface area contributed by atoms with Crippen LogP contribution in [0.15, 0.2) is 6.20 Å². The minimum Gasteiger partial charge on any atom is -0.396 e. The highest BCUT2D eigenvalue weighted by Crippen LogP contribution is 2.21. The van der Waals surface area contributed by atoms with Crippen LogP contribution in [0.1, 0.15) is 26.7 Å². The Balaban J connectivity index is 2.31. The van der Waals surface area contributed by atoms with E-state index in [9.17, 15) is 0 Å². The summed E-state index contributed by atoms with van der Waals surface area (Å²) in [5, 5.41) is 23.2. The number of nitrogens with zero attached hydrogens (tertiary/aromatic N) is 3. The van der Waals surface area contributed by atoms with Crippen molar-refractivity contribution in [2.75, 3.05) is 23.8 Å². The van der Waals surface area contributed by atoms with Crippen LogP contribution in [0.5, 0.6) is 0 Å². The number of aliphatic hydroxyl groups is 1. The van der Waals surface area contributed by atoms with Crippen LogP contribution in [0, 0.1) is 0 Å². The number of fused-ring (bicyclic) bond motifs is 1. The normalized spacial score (nSPS) is 12.6. The van der Waals surface area contributed by atoms with E-state index in [1.54, 1.807) is 6.20 Å². The van der Waals surface area contributed by atoms with Crippen molar-refractivity contribution in [1.29, 1.82) is 0 Å². The van der Waals surface area contributed by atoms with Crippen molar-refractivity contribution >= 4 is 22.8 Å². The molecule has 104 valence electrons. The van der Waals surface area contributed by atoms with Crippen LogP contribution in [-0.4, -0.2) is 44.5 Å². The summed E-state index contributed by atoms with van der Waals surface area (Å²) in [4.78, 5) is 8.79. The van der Waals surface area contributed by atoms with Gasteiger partial charge in [0.1, 0.15) is 5.82 Å². The molecule has 0 radical (unpaired) electrons. The number of hydrogen-bond acceptors (Lipinski definition) is 6. The number of aliphatic hydroxyl groups excluding tert-OH is 1. The van der Waals surface area contributed by atoms with Crippen molar-refractivity contribution in [2.24, 2.45) is 0 Å². The first-order valence-corrected chi connectivity index (χ1v) is 6.60. The molecule has 0 aliphatic carbocycles.